The number of hydrogen-bond acceptors (Lipinski definition) is 9. The van der Waals surface area contributed by atoms with Crippen LogP contribution >= 0.6 is 11.3 Å². The predicted molar refractivity (Wildman–Crippen MR) is 132 cm³/mol. The van der Waals surface area contributed by atoms with Crippen LogP contribution in [-0.4, -0.2) is 61.2 Å². The van der Waals surface area contributed by atoms with Crippen LogP contribution < -0.4 is 10.1 Å². The summed E-state index contributed by atoms with van der Waals surface area (Å²) in [6.07, 6.45) is 5.01. The van der Waals surface area contributed by atoms with Gasteiger partial charge in [0.1, 0.15) is 33.4 Å². The summed E-state index contributed by atoms with van der Waals surface area (Å²) in [4.78, 5) is 21.8. The molecule has 35 heavy (non-hydrogen) atoms. The van der Waals surface area contributed by atoms with Gasteiger partial charge >= 0.3 is 5.97 Å². The van der Waals surface area contributed by atoms with Crippen LogP contribution in [0.25, 0.3) is 10.2 Å². The first-order valence-corrected chi connectivity index (χ1v) is 13.7. The molecule has 0 atom stereocenters. The fourth-order valence-electron chi connectivity index (χ4n) is 4.26. The molecule has 1 aliphatic carbocycles. The van der Waals surface area contributed by atoms with Gasteiger partial charge in [0.25, 0.3) is 0 Å². The maximum atomic E-state index is 14.1. The zero-order valence-corrected chi connectivity index (χ0v) is 21.5. The second-order valence-corrected chi connectivity index (χ2v) is 11.6. The van der Waals surface area contributed by atoms with E-state index in [0.29, 0.717) is 63.6 Å². The quantitative estimate of drug-likeness (QED) is 0.459. The minimum atomic E-state index is -3.26. The number of rotatable bonds is 7. The molecule has 0 bridgehead atoms. The van der Waals surface area contributed by atoms with Gasteiger partial charge < -0.3 is 14.8 Å². The predicted octanol–water partition coefficient (Wildman–Crippen LogP) is 4.25. The lowest BCUT2D eigenvalue weighted by atomic mass is 9.93. The van der Waals surface area contributed by atoms with Crippen molar-refractivity contribution in [2.45, 2.75) is 44.8 Å². The number of fused-ring (bicyclic) bond motifs is 1. The van der Waals surface area contributed by atoms with Gasteiger partial charge in [0.05, 0.1) is 30.5 Å². The standard InChI is InChI=1S/C23H27FN4O5S2/c1-13-19-21(25-12-26-22(19)34-20(13)23(29)32-3)27-17-10-5-14(24)11-18(17)33-16-8-6-15(7-9-16)28(2)35(4,30)31/h5,10-12,15-16H,6-9H2,1-4H3,(H,25,26,27). The number of halogens is 1. The Morgan fingerprint density at radius 2 is 1.94 bits per heavy atom. The molecule has 0 amide bonds. The van der Waals surface area contributed by atoms with Crippen LogP contribution in [0.1, 0.15) is 40.9 Å². The number of methoxy groups -OCH3 is 1. The van der Waals surface area contributed by atoms with Gasteiger partial charge in [-0.15, -0.1) is 11.3 Å². The van der Waals surface area contributed by atoms with E-state index in [4.69, 9.17) is 9.47 Å². The number of nitrogens with zero attached hydrogens (tertiary/aromatic N) is 3. The first kappa shape index (κ1) is 25.3. The number of thiophene rings is 1. The summed E-state index contributed by atoms with van der Waals surface area (Å²) in [6, 6.07) is 4.14. The molecule has 1 aliphatic rings. The largest absolute Gasteiger partial charge is 0.488 e. The minimum Gasteiger partial charge on any atom is -0.488 e. The summed E-state index contributed by atoms with van der Waals surface area (Å²) in [7, 11) is -0.341. The molecule has 0 radical (unpaired) electrons. The van der Waals surface area contributed by atoms with Gasteiger partial charge in [0.2, 0.25) is 10.0 Å². The Morgan fingerprint density at radius 1 is 1.23 bits per heavy atom. The molecule has 12 heteroatoms. The molecule has 9 nitrogen and oxygen atoms in total. The molecule has 0 aliphatic heterocycles. The third kappa shape index (κ3) is 5.39. The van der Waals surface area contributed by atoms with Gasteiger partial charge in [-0.2, -0.15) is 0 Å². The molecule has 1 N–H and O–H groups in total. The Balaban J connectivity index is 1.56. The highest BCUT2D eigenvalue weighted by molar-refractivity contribution is 7.88. The van der Waals surface area contributed by atoms with Crippen molar-refractivity contribution in [2.24, 2.45) is 0 Å². The molecule has 2 aromatic heterocycles. The fourth-order valence-corrected chi connectivity index (χ4v) is 6.07. The molecule has 0 saturated heterocycles. The molecule has 1 fully saturated rings. The van der Waals surface area contributed by atoms with Crippen molar-refractivity contribution >= 4 is 49.1 Å². The highest BCUT2D eigenvalue weighted by atomic mass is 32.2. The summed E-state index contributed by atoms with van der Waals surface area (Å²) in [5.74, 6) is -0.0884. The normalized spacial score (nSPS) is 18.6. The number of ether oxygens (including phenoxy) is 2. The number of aryl methyl sites for hydroxylation is 1. The maximum absolute atomic E-state index is 14.1. The molecule has 2 heterocycles. The second-order valence-electron chi connectivity index (χ2n) is 8.54. The molecule has 4 rings (SSSR count). The lowest BCUT2D eigenvalue weighted by Gasteiger charge is -2.33. The van der Waals surface area contributed by atoms with Crippen LogP contribution in [0.2, 0.25) is 0 Å². The van der Waals surface area contributed by atoms with Crippen LogP contribution in [0, 0.1) is 12.7 Å². The van der Waals surface area contributed by atoms with Crippen molar-refractivity contribution in [3.8, 4) is 5.75 Å². The van der Waals surface area contributed by atoms with E-state index >= 15 is 0 Å². The first-order valence-electron chi connectivity index (χ1n) is 11.1. The van der Waals surface area contributed by atoms with Crippen molar-refractivity contribution in [1.82, 2.24) is 14.3 Å². The summed E-state index contributed by atoms with van der Waals surface area (Å²) >= 11 is 1.22. The number of nitrogens with one attached hydrogen (secondary N) is 1. The number of benzene rings is 1. The highest BCUT2D eigenvalue weighted by Gasteiger charge is 2.29. The first-order chi connectivity index (χ1) is 16.6. The van der Waals surface area contributed by atoms with Gasteiger partial charge in [-0.05, 0) is 50.3 Å². The summed E-state index contributed by atoms with van der Waals surface area (Å²) in [5.41, 5.74) is 1.21. The number of carbonyl (C=O) groups is 1. The number of sulfonamides is 1. The van der Waals surface area contributed by atoms with Gasteiger partial charge in [0, 0.05) is 19.2 Å². The molecule has 1 aromatic carbocycles. The van der Waals surface area contributed by atoms with Gasteiger partial charge in [-0.3, -0.25) is 0 Å². The average Bonchev–Trinajstić information content (AvgIpc) is 3.17. The SMILES string of the molecule is COC(=O)c1sc2ncnc(Nc3ccc(F)cc3OC3CCC(N(C)S(C)(=O)=O)CC3)c2c1C. The lowest BCUT2D eigenvalue weighted by molar-refractivity contribution is 0.0605. The Bertz CT molecular complexity index is 1350. The van der Waals surface area contributed by atoms with Crippen LogP contribution in [0.5, 0.6) is 5.75 Å². The number of aromatic nitrogens is 2. The molecule has 188 valence electrons. The van der Waals surface area contributed by atoms with Crippen LogP contribution in [0.3, 0.4) is 0 Å². The number of esters is 1. The van der Waals surface area contributed by atoms with E-state index in [0.717, 1.165) is 0 Å². The summed E-state index contributed by atoms with van der Waals surface area (Å²) in [5, 5.41) is 3.89. The van der Waals surface area contributed by atoms with E-state index in [1.165, 1.54) is 47.5 Å². The van der Waals surface area contributed by atoms with Gasteiger partial charge in [-0.25, -0.2) is 31.9 Å². The molecule has 0 unspecified atom stereocenters. The Morgan fingerprint density at radius 3 is 2.60 bits per heavy atom. The average molecular weight is 523 g/mol. The molecular weight excluding hydrogens is 495 g/mol. The van der Waals surface area contributed by atoms with Crippen molar-refractivity contribution < 1.29 is 27.1 Å². The number of hydrogen-bond donors (Lipinski definition) is 1. The van der Waals surface area contributed by atoms with Gasteiger partial charge in [-0.1, -0.05) is 0 Å². The lowest BCUT2D eigenvalue weighted by Crippen LogP contribution is -2.40. The Kier molecular flexibility index (Phi) is 7.25. The molecular formula is C23H27FN4O5S2. The molecule has 0 spiro atoms. The minimum absolute atomic E-state index is 0.0742. The highest BCUT2D eigenvalue weighted by Crippen LogP contribution is 2.37. The molecule has 3 aromatic rings. The van der Waals surface area contributed by atoms with E-state index in [1.54, 1.807) is 20.0 Å². The van der Waals surface area contributed by atoms with E-state index < -0.39 is 21.8 Å². The fraction of sp³-hybridized carbons (Fsp3) is 0.435. The topological polar surface area (TPSA) is 111 Å². The number of anilines is 2. The summed E-state index contributed by atoms with van der Waals surface area (Å²) in [6.45, 7) is 1.80. The van der Waals surface area contributed by atoms with Crippen molar-refractivity contribution in [1.29, 1.82) is 0 Å². The number of carbonyl (C=O) groups excluding carboxylic acids is 1. The maximum Gasteiger partial charge on any atom is 0.348 e. The third-order valence-electron chi connectivity index (χ3n) is 6.27. The van der Waals surface area contributed by atoms with Crippen LogP contribution in [0.15, 0.2) is 24.5 Å². The second kappa shape index (κ2) is 10.0. The monoisotopic (exact) mass is 522 g/mol. The zero-order chi connectivity index (χ0) is 25.3. The smallest absolute Gasteiger partial charge is 0.348 e. The van der Waals surface area contributed by atoms with Crippen molar-refractivity contribution in [3.05, 3.63) is 40.8 Å². The van der Waals surface area contributed by atoms with Crippen molar-refractivity contribution in [3.63, 3.8) is 0 Å². The Labute approximate surface area is 207 Å². The summed E-state index contributed by atoms with van der Waals surface area (Å²) < 4.78 is 50.3. The van der Waals surface area contributed by atoms with E-state index in [2.05, 4.69) is 15.3 Å². The van der Waals surface area contributed by atoms with E-state index in [1.807, 2.05) is 0 Å². The van der Waals surface area contributed by atoms with E-state index in [-0.39, 0.29) is 12.1 Å². The van der Waals surface area contributed by atoms with E-state index in [9.17, 15) is 17.6 Å². The van der Waals surface area contributed by atoms with Gasteiger partial charge in [0.15, 0.2) is 0 Å². The zero-order valence-electron chi connectivity index (χ0n) is 19.9. The molecule has 1 saturated carbocycles. The van der Waals surface area contributed by atoms with Crippen molar-refractivity contribution in [2.75, 3.05) is 25.7 Å². The Hall–Kier alpha value is -2.83. The van der Waals surface area contributed by atoms with Crippen LogP contribution in [-0.2, 0) is 14.8 Å². The van der Waals surface area contributed by atoms with Crippen LogP contribution in [0.4, 0.5) is 15.9 Å². The third-order valence-corrected chi connectivity index (χ3v) is 8.79.